The van der Waals surface area contributed by atoms with E-state index in [4.69, 9.17) is 4.74 Å². The zero-order valence-electron chi connectivity index (χ0n) is 15.0. The molecule has 1 saturated heterocycles. The van der Waals surface area contributed by atoms with Gasteiger partial charge in [-0.25, -0.2) is 0 Å². The number of carbonyl (C=O) groups is 1. The Labute approximate surface area is 153 Å². The number of hydrogen-bond acceptors (Lipinski definition) is 3. The van der Waals surface area contributed by atoms with Crippen molar-refractivity contribution in [3.05, 3.63) is 51.7 Å². The number of benzene rings is 1. The topological polar surface area (TPSA) is 42.8 Å². The third-order valence-electron chi connectivity index (χ3n) is 4.61. The zero-order valence-corrected chi connectivity index (χ0v) is 15.8. The minimum Gasteiger partial charge on any atom is -0.372 e. The second-order valence-corrected chi connectivity index (χ2v) is 7.92. The van der Waals surface area contributed by atoms with E-state index in [1.165, 1.54) is 15.3 Å². The number of rotatable bonds is 7. The molecule has 1 aromatic carbocycles. The van der Waals surface area contributed by atoms with Gasteiger partial charge in [0.2, 0.25) is 0 Å². The van der Waals surface area contributed by atoms with Crippen molar-refractivity contribution in [3.63, 3.8) is 0 Å². The van der Waals surface area contributed by atoms with Crippen LogP contribution in [0.1, 0.15) is 28.8 Å². The average molecular weight is 360 g/mol. The Hall–Kier alpha value is -1.69. The van der Waals surface area contributed by atoms with Gasteiger partial charge in [-0.05, 0) is 49.8 Å². The predicted octanol–water partition coefficient (Wildman–Crippen LogP) is 2.57. The highest BCUT2D eigenvalue weighted by molar-refractivity contribution is 7.09. The fourth-order valence-corrected chi connectivity index (χ4v) is 4.15. The van der Waals surface area contributed by atoms with E-state index in [9.17, 15) is 4.79 Å². The predicted molar refractivity (Wildman–Crippen MR) is 102 cm³/mol. The largest absolute Gasteiger partial charge is 0.372 e. The smallest absolute Gasteiger partial charge is 0.279 e. The van der Waals surface area contributed by atoms with Crippen LogP contribution >= 0.6 is 11.3 Å². The minimum atomic E-state index is 0.0662. The molecule has 0 saturated carbocycles. The van der Waals surface area contributed by atoms with E-state index in [-0.39, 0.29) is 12.0 Å². The average Bonchev–Trinajstić information content (AvgIpc) is 3.24. The van der Waals surface area contributed by atoms with Gasteiger partial charge in [0.1, 0.15) is 19.2 Å². The number of aryl methyl sites for hydroxylation is 2. The SMILES string of the molecule is Cc1ccc(NC(=O)C[NH+](Cc2cccs2)C[C@@H]2CCCO2)c(C)c1. The van der Waals surface area contributed by atoms with Crippen LogP contribution in [0, 0.1) is 13.8 Å². The lowest BCUT2D eigenvalue weighted by Crippen LogP contribution is -3.12. The number of ether oxygens (including phenoxy) is 1. The Morgan fingerprint density at radius 1 is 1.36 bits per heavy atom. The van der Waals surface area contributed by atoms with E-state index in [0.29, 0.717) is 6.54 Å². The van der Waals surface area contributed by atoms with Crippen molar-refractivity contribution < 1.29 is 14.4 Å². The number of carbonyl (C=O) groups excluding carboxylic acids is 1. The van der Waals surface area contributed by atoms with Crippen LogP contribution in [-0.2, 0) is 16.1 Å². The van der Waals surface area contributed by atoms with Gasteiger partial charge in [0, 0.05) is 12.3 Å². The molecule has 0 spiro atoms. The number of nitrogens with one attached hydrogen (secondary N) is 2. The number of amides is 1. The molecule has 5 heteroatoms. The standard InChI is InChI=1S/C20H26N2O2S/c1-15-7-8-19(16(2)11-15)21-20(23)14-22(12-17-5-3-9-24-17)13-18-6-4-10-25-18/h4,6-8,10-11,17H,3,5,9,12-14H2,1-2H3,(H,21,23)/p+1/t17-/m0/s1. The Bertz CT molecular complexity index is 694. The monoisotopic (exact) mass is 359 g/mol. The van der Waals surface area contributed by atoms with Crippen LogP contribution in [0.4, 0.5) is 5.69 Å². The fraction of sp³-hybridized carbons (Fsp3) is 0.450. The number of quaternary nitrogens is 1. The summed E-state index contributed by atoms with van der Waals surface area (Å²) in [6.07, 6.45) is 2.52. The van der Waals surface area contributed by atoms with Gasteiger partial charge >= 0.3 is 0 Å². The molecule has 2 heterocycles. The highest BCUT2D eigenvalue weighted by Gasteiger charge is 2.24. The molecule has 2 N–H and O–H groups in total. The molecule has 2 atom stereocenters. The summed E-state index contributed by atoms with van der Waals surface area (Å²) < 4.78 is 5.79. The van der Waals surface area contributed by atoms with Gasteiger partial charge in [-0.1, -0.05) is 23.8 Å². The quantitative estimate of drug-likeness (QED) is 0.798. The van der Waals surface area contributed by atoms with Crippen molar-refractivity contribution in [3.8, 4) is 0 Å². The molecule has 0 radical (unpaired) electrons. The van der Waals surface area contributed by atoms with Crippen molar-refractivity contribution in [1.82, 2.24) is 0 Å². The number of thiophene rings is 1. The van der Waals surface area contributed by atoms with Crippen LogP contribution < -0.4 is 10.2 Å². The third-order valence-corrected chi connectivity index (χ3v) is 5.49. The maximum Gasteiger partial charge on any atom is 0.279 e. The summed E-state index contributed by atoms with van der Waals surface area (Å²) in [5, 5.41) is 5.17. The summed E-state index contributed by atoms with van der Waals surface area (Å²) in [5.41, 5.74) is 3.22. The van der Waals surface area contributed by atoms with Crippen LogP contribution in [0.2, 0.25) is 0 Å². The molecular weight excluding hydrogens is 332 g/mol. The molecular formula is C20H27N2O2S+. The van der Waals surface area contributed by atoms with Crippen LogP contribution in [0.5, 0.6) is 0 Å². The number of anilines is 1. The Morgan fingerprint density at radius 3 is 2.92 bits per heavy atom. The van der Waals surface area contributed by atoms with Gasteiger partial charge in [-0.15, -0.1) is 11.3 Å². The molecule has 2 aromatic rings. The highest BCUT2D eigenvalue weighted by atomic mass is 32.1. The van der Waals surface area contributed by atoms with Crippen molar-refractivity contribution >= 4 is 22.9 Å². The molecule has 3 rings (SSSR count). The van der Waals surface area contributed by atoms with Crippen LogP contribution in [0.25, 0.3) is 0 Å². The second kappa shape index (κ2) is 8.61. The Morgan fingerprint density at radius 2 is 2.24 bits per heavy atom. The van der Waals surface area contributed by atoms with Gasteiger partial charge in [0.05, 0.1) is 4.88 Å². The van der Waals surface area contributed by atoms with E-state index in [1.807, 2.05) is 19.1 Å². The fourth-order valence-electron chi connectivity index (χ4n) is 3.37. The summed E-state index contributed by atoms with van der Waals surface area (Å²) in [4.78, 5) is 15.2. The van der Waals surface area contributed by atoms with Gasteiger partial charge < -0.3 is 15.0 Å². The van der Waals surface area contributed by atoms with Crippen LogP contribution in [0.15, 0.2) is 35.7 Å². The molecule has 4 nitrogen and oxygen atoms in total. The normalized spacial score (nSPS) is 18.2. The van der Waals surface area contributed by atoms with Gasteiger partial charge in [-0.3, -0.25) is 4.79 Å². The van der Waals surface area contributed by atoms with Crippen molar-refractivity contribution in [1.29, 1.82) is 0 Å². The summed E-state index contributed by atoms with van der Waals surface area (Å²) >= 11 is 1.75. The van der Waals surface area contributed by atoms with Gasteiger partial charge in [0.15, 0.2) is 6.54 Å². The van der Waals surface area contributed by atoms with Crippen molar-refractivity contribution in [2.75, 3.05) is 25.0 Å². The molecule has 1 amide bonds. The van der Waals surface area contributed by atoms with Crippen molar-refractivity contribution in [2.24, 2.45) is 0 Å². The van der Waals surface area contributed by atoms with Gasteiger partial charge in [-0.2, -0.15) is 0 Å². The maximum atomic E-state index is 12.6. The lowest BCUT2D eigenvalue weighted by Gasteiger charge is -2.21. The molecule has 1 aromatic heterocycles. The molecule has 1 aliphatic heterocycles. The summed E-state index contributed by atoms with van der Waals surface area (Å²) in [6, 6.07) is 10.3. The molecule has 1 unspecified atom stereocenters. The molecule has 1 fully saturated rings. The maximum absolute atomic E-state index is 12.6. The van der Waals surface area contributed by atoms with E-state index < -0.39 is 0 Å². The first kappa shape index (κ1) is 18.1. The molecule has 1 aliphatic rings. The highest BCUT2D eigenvalue weighted by Crippen LogP contribution is 2.15. The first-order valence-electron chi connectivity index (χ1n) is 8.95. The van der Waals surface area contributed by atoms with E-state index in [0.717, 1.165) is 43.8 Å². The second-order valence-electron chi connectivity index (χ2n) is 6.89. The minimum absolute atomic E-state index is 0.0662. The third kappa shape index (κ3) is 5.39. The van der Waals surface area contributed by atoms with E-state index >= 15 is 0 Å². The summed E-state index contributed by atoms with van der Waals surface area (Å²) in [6.45, 7) is 7.17. The number of hydrogen-bond donors (Lipinski definition) is 2. The van der Waals surface area contributed by atoms with E-state index in [2.05, 4.69) is 35.8 Å². The Kier molecular flexibility index (Phi) is 6.24. The summed E-state index contributed by atoms with van der Waals surface area (Å²) in [7, 11) is 0. The van der Waals surface area contributed by atoms with Crippen LogP contribution in [0.3, 0.4) is 0 Å². The lowest BCUT2D eigenvalue weighted by atomic mass is 10.1. The van der Waals surface area contributed by atoms with E-state index in [1.54, 1.807) is 11.3 Å². The van der Waals surface area contributed by atoms with Crippen molar-refractivity contribution in [2.45, 2.75) is 39.3 Å². The molecule has 25 heavy (non-hydrogen) atoms. The zero-order chi connectivity index (χ0) is 17.6. The first-order valence-corrected chi connectivity index (χ1v) is 9.83. The molecule has 0 aliphatic carbocycles. The molecule has 0 bridgehead atoms. The lowest BCUT2D eigenvalue weighted by molar-refractivity contribution is -0.908. The first-order chi connectivity index (χ1) is 12.1. The van der Waals surface area contributed by atoms with Crippen LogP contribution in [-0.4, -0.2) is 31.7 Å². The Balaban J connectivity index is 1.62. The molecule has 134 valence electrons. The summed E-state index contributed by atoms with van der Waals surface area (Å²) in [5.74, 6) is 0.0662. The van der Waals surface area contributed by atoms with Gasteiger partial charge in [0.25, 0.3) is 5.91 Å².